The number of carbonyl (C=O) groups excluding carboxylic acids is 2. The number of nitrogens with zero attached hydrogens (tertiary/aromatic N) is 2. The SMILES string of the molecule is CC1(C)C[C@H]2[C@H]3C(=O)C=C4[C@@](C)(CC[C@H]5C(C)(C)C(=O)C(C#N)=C[C@]45C)C3CC[C@@]2(C#N)CC1O. The zero-order chi connectivity index (χ0) is 25.8. The van der Waals surface area contributed by atoms with Gasteiger partial charge >= 0.3 is 0 Å². The van der Waals surface area contributed by atoms with E-state index < -0.39 is 22.3 Å². The number of Topliss-reactive ketones (excluding diaryl/α,β-unsaturated/α-hetero) is 1. The summed E-state index contributed by atoms with van der Waals surface area (Å²) in [6, 6.07) is 4.74. The lowest BCUT2D eigenvalue weighted by Crippen LogP contribution is -2.61. The fourth-order valence-corrected chi connectivity index (χ4v) is 9.47. The van der Waals surface area contributed by atoms with Gasteiger partial charge in [-0.2, -0.15) is 10.5 Å². The van der Waals surface area contributed by atoms with Gasteiger partial charge in [0.05, 0.1) is 23.2 Å². The van der Waals surface area contributed by atoms with Crippen LogP contribution in [0.2, 0.25) is 0 Å². The van der Waals surface area contributed by atoms with Gasteiger partial charge in [-0.1, -0.05) is 53.2 Å². The lowest BCUT2D eigenvalue weighted by molar-refractivity contribution is -0.152. The van der Waals surface area contributed by atoms with Gasteiger partial charge in [-0.05, 0) is 73.2 Å². The molecule has 1 N–H and O–H groups in total. The number of hydrogen-bond donors (Lipinski definition) is 1. The van der Waals surface area contributed by atoms with E-state index in [2.05, 4.69) is 39.8 Å². The average molecular weight is 475 g/mol. The molecule has 35 heavy (non-hydrogen) atoms. The van der Waals surface area contributed by atoms with Crippen LogP contribution in [0.5, 0.6) is 0 Å². The average Bonchev–Trinajstić information content (AvgIpc) is 2.78. The lowest BCUT2D eigenvalue weighted by atomic mass is 9.38. The fraction of sp³-hybridized carbons (Fsp3) is 0.733. The van der Waals surface area contributed by atoms with Crippen LogP contribution in [0.1, 0.15) is 80.1 Å². The normalized spacial score (nSPS) is 47.5. The Morgan fingerprint density at radius 1 is 0.971 bits per heavy atom. The summed E-state index contributed by atoms with van der Waals surface area (Å²) < 4.78 is 0. The smallest absolute Gasteiger partial charge is 0.178 e. The first-order chi connectivity index (χ1) is 16.2. The van der Waals surface area contributed by atoms with Crippen molar-refractivity contribution in [3.05, 3.63) is 23.3 Å². The van der Waals surface area contributed by atoms with E-state index in [0.717, 1.165) is 24.8 Å². The summed E-state index contributed by atoms with van der Waals surface area (Å²) in [6.45, 7) is 12.4. The number of aliphatic hydroxyl groups is 1. The van der Waals surface area contributed by atoms with Crippen LogP contribution in [0.3, 0.4) is 0 Å². The number of ketones is 2. The Balaban J connectivity index is 1.65. The summed E-state index contributed by atoms with van der Waals surface area (Å²) in [5.74, 6) is -0.110. The Bertz CT molecular complexity index is 1160. The number of aliphatic hydroxyl groups excluding tert-OH is 1. The molecule has 3 saturated carbocycles. The van der Waals surface area contributed by atoms with Crippen LogP contribution in [-0.4, -0.2) is 22.8 Å². The van der Waals surface area contributed by atoms with Crippen molar-refractivity contribution in [1.82, 2.24) is 0 Å². The van der Waals surface area contributed by atoms with Crippen LogP contribution < -0.4 is 0 Å². The third-order valence-electron chi connectivity index (χ3n) is 11.5. The topological polar surface area (TPSA) is 102 Å². The minimum Gasteiger partial charge on any atom is -0.393 e. The van der Waals surface area contributed by atoms with E-state index in [1.54, 1.807) is 0 Å². The highest BCUT2D eigenvalue weighted by atomic mass is 16.3. The van der Waals surface area contributed by atoms with Crippen molar-refractivity contribution >= 4 is 11.6 Å². The summed E-state index contributed by atoms with van der Waals surface area (Å²) >= 11 is 0. The van der Waals surface area contributed by atoms with Crippen molar-refractivity contribution in [2.24, 2.45) is 50.7 Å². The Morgan fingerprint density at radius 3 is 2.29 bits per heavy atom. The van der Waals surface area contributed by atoms with Crippen molar-refractivity contribution in [3.63, 3.8) is 0 Å². The van der Waals surface area contributed by atoms with E-state index >= 15 is 0 Å². The molecule has 5 aliphatic carbocycles. The van der Waals surface area contributed by atoms with Crippen LogP contribution in [0.15, 0.2) is 23.3 Å². The molecule has 0 heterocycles. The predicted octanol–water partition coefficient (Wildman–Crippen LogP) is 5.31. The van der Waals surface area contributed by atoms with Gasteiger partial charge in [-0.15, -0.1) is 0 Å². The summed E-state index contributed by atoms with van der Waals surface area (Å²) in [6.07, 6.45) is 7.57. The van der Waals surface area contributed by atoms with E-state index in [9.17, 15) is 25.2 Å². The van der Waals surface area contributed by atoms with Crippen LogP contribution in [0.4, 0.5) is 0 Å². The van der Waals surface area contributed by atoms with Crippen LogP contribution in [0, 0.1) is 73.4 Å². The highest BCUT2D eigenvalue weighted by Crippen LogP contribution is 2.70. The molecule has 0 aromatic carbocycles. The highest BCUT2D eigenvalue weighted by molar-refractivity contribution is 6.04. The largest absolute Gasteiger partial charge is 0.393 e. The summed E-state index contributed by atoms with van der Waals surface area (Å²) in [5.41, 5.74) is -1.10. The van der Waals surface area contributed by atoms with Gasteiger partial charge in [-0.25, -0.2) is 0 Å². The van der Waals surface area contributed by atoms with Crippen LogP contribution >= 0.6 is 0 Å². The first-order valence-electron chi connectivity index (χ1n) is 13.2. The van der Waals surface area contributed by atoms with E-state index in [-0.39, 0.29) is 51.6 Å². The lowest BCUT2D eigenvalue weighted by Gasteiger charge is -2.64. The molecule has 2 unspecified atom stereocenters. The monoisotopic (exact) mass is 474 g/mol. The fourth-order valence-electron chi connectivity index (χ4n) is 9.47. The first kappa shape index (κ1) is 24.5. The Kier molecular flexibility index (Phi) is 5.01. The number of nitriles is 2. The summed E-state index contributed by atoms with van der Waals surface area (Å²) in [5, 5.41) is 30.9. The van der Waals surface area contributed by atoms with E-state index in [1.165, 1.54) is 0 Å². The van der Waals surface area contributed by atoms with E-state index in [0.29, 0.717) is 19.3 Å². The van der Waals surface area contributed by atoms with Crippen molar-refractivity contribution in [3.8, 4) is 12.1 Å². The second-order valence-electron chi connectivity index (χ2n) is 13.9. The molecule has 0 aliphatic heterocycles. The Hall–Kier alpha value is -2.24. The Labute approximate surface area is 209 Å². The molecular formula is C30H38N2O3. The third kappa shape index (κ3) is 2.94. The Morgan fingerprint density at radius 2 is 1.66 bits per heavy atom. The minimum atomic E-state index is -0.664. The molecule has 5 rings (SSSR count). The van der Waals surface area contributed by atoms with Crippen molar-refractivity contribution in [2.75, 3.05) is 0 Å². The molecule has 3 fully saturated rings. The van der Waals surface area contributed by atoms with Crippen LogP contribution in [0.25, 0.3) is 0 Å². The number of allylic oxidation sites excluding steroid dienone is 4. The highest BCUT2D eigenvalue weighted by Gasteiger charge is 2.66. The molecule has 0 spiro atoms. The molecule has 186 valence electrons. The van der Waals surface area contributed by atoms with Gasteiger partial charge in [0.1, 0.15) is 6.07 Å². The molecule has 0 aromatic rings. The summed E-state index contributed by atoms with van der Waals surface area (Å²) in [7, 11) is 0. The molecule has 0 bridgehead atoms. The molecule has 0 aromatic heterocycles. The molecule has 5 aliphatic rings. The number of rotatable bonds is 0. The number of carbonyl (C=O) groups is 2. The van der Waals surface area contributed by atoms with Gasteiger partial charge in [-0.3, -0.25) is 9.59 Å². The molecule has 0 saturated heterocycles. The molecule has 0 radical (unpaired) electrons. The van der Waals surface area contributed by atoms with Crippen molar-refractivity contribution in [2.45, 2.75) is 86.2 Å². The molecule has 8 atom stereocenters. The van der Waals surface area contributed by atoms with Gasteiger partial charge < -0.3 is 5.11 Å². The quantitative estimate of drug-likeness (QED) is 0.512. The zero-order valence-corrected chi connectivity index (χ0v) is 21.9. The second kappa shape index (κ2) is 7.17. The third-order valence-corrected chi connectivity index (χ3v) is 11.5. The maximum atomic E-state index is 14.0. The van der Waals surface area contributed by atoms with Gasteiger partial charge in [0.15, 0.2) is 11.6 Å². The van der Waals surface area contributed by atoms with Gasteiger partial charge in [0.2, 0.25) is 0 Å². The number of fused-ring (bicyclic) bond motifs is 7. The number of hydrogen-bond acceptors (Lipinski definition) is 5. The predicted molar refractivity (Wildman–Crippen MR) is 131 cm³/mol. The molecule has 5 nitrogen and oxygen atoms in total. The van der Waals surface area contributed by atoms with E-state index in [1.807, 2.05) is 26.0 Å². The second-order valence-corrected chi connectivity index (χ2v) is 13.9. The first-order valence-corrected chi connectivity index (χ1v) is 13.2. The molecule has 5 heteroatoms. The maximum Gasteiger partial charge on any atom is 0.178 e. The molecule has 0 amide bonds. The maximum absolute atomic E-state index is 14.0. The zero-order valence-electron chi connectivity index (χ0n) is 21.9. The van der Waals surface area contributed by atoms with Crippen molar-refractivity contribution in [1.29, 1.82) is 10.5 Å². The van der Waals surface area contributed by atoms with Gasteiger partial charge in [0, 0.05) is 16.7 Å². The van der Waals surface area contributed by atoms with E-state index in [4.69, 9.17) is 0 Å². The minimum absolute atomic E-state index is 0.0359. The van der Waals surface area contributed by atoms with Gasteiger partial charge in [0.25, 0.3) is 0 Å². The van der Waals surface area contributed by atoms with Crippen molar-refractivity contribution < 1.29 is 14.7 Å². The molecular weight excluding hydrogens is 436 g/mol. The van der Waals surface area contributed by atoms with Crippen LogP contribution in [-0.2, 0) is 9.59 Å². The standard InChI is InChI=1S/C30H38N2O3/c1-26(2)13-19-24-18(7-10-30(19,16-32)14-23(26)34)28(5)9-8-21-27(3,4)25(35)17(15-31)12-29(21,6)22(28)11-20(24)33/h11-12,18-19,21,23-24,34H,7-10,13-14H2,1-6H3/t18?,19-,21-,23?,24-,28-,29-,30-/m0/s1. The summed E-state index contributed by atoms with van der Waals surface area (Å²) in [4.78, 5) is 27.1.